The van der Waals surface area contributed by atoms with Crippen molar-refractivity contribution in [2.75, 3.05) is 19.8 Å². The molecule has 0 fully saturated rings. The van der Waals surface area contributed by atoms with Crippen LogP contribution in [0.15, 0.2) is 0 Å². The number of nitrogens with one attached hydrogen (secondary N) is 1. The average Bonchev–Trinajstić information content (AvgIpc) is 3.19. The predicted molar refractivity (Wildman–Crippen MR) is 230 cm³/mol. The van der Waals surface area contributed by atoms with Gasteiger partial charge < -0.3 is 33.6 Å². The van der Waals surface area contributed by atoms with E-state index in [2.05, 4.69) is 48.7 Å². The van der Waals surface area contributed by atoms with E-state index in [1.165, 1.54) is 174 Å². The van der Waals surface area contributed by atoms with Gasteiger partial charge in [0.05, 0.1) is 13.2 Å². The standard InChI is InChI=1S/C28H53NO8P.C17H35.Co.O/c1-4-5-6-7-8-9-10-11-12-13-14-15-16-17-18-19-28(32)37-26(3)24-36-38(33,34)35-23-22-29-27(31)21-20-25(2)30;1-3-5-7-9-11-13-15-17-16-14-12-10-8-6-4-2;;/h26H,3-24H2,1-2H3,(H,29,31)(H,33,34);1,3-17H2,2H3;;/q2*-1;;. The SMILES string of the molecule is [CH2-]C(COP(=O)(O)OCCNC(=O)CCC(C)=O)OC(=O)CCCCCCCCCCCCCCCCC.[CH2-]CCCCCCCCCCCCCCCC.[O]=[Co]. The second-order valence-corrected chi connectivity index (χ2v) is 16.9. The van der Waals surface area contributed by atoms with E-state index in [-0.39, 0.29) is 50.7 Å². The average molecular weight is 877 g/mol. The molecule has 0 radical (unpaired) electrons. The maximum atomic E-state index is 11.9. The molecule has 0 aliphatic rings. The second kappa shape index (κ2) is 49.4. The topological polar surface area (TPSA) is 145 Å². The van der Waals surface area contributed by atoms with Crippen molar-refractivity contribution in [3.8, 4) is 0 Å². The summed E-state index contributed by atoms with van der Waals surface area (Å²) in [6, 6.07) is 0. The molecular weight excluding hydrogens is 788 g/mol. The third-order valence-corrected chi connectivity index (χ3v) is 10.7. The Morgan fingerprint density at radius 3 is 1.33 bits per heavy atom. The van der Waals surface area contributed by atoms with Crippen LogP contribution in [-0.4, -0.2) is 48.4 Å². The minimum atomic E-state index is -4.37. The van der Waals surface area contributed by atoms with Gasteiger partial charge in [-0.15, -0.1) is 0 Å². The van der Waals surface area contributed by atoms with Gasteiger partial charge in [-0.25, -0.2) is 4.57 Å². The number of carbonyl (C=O) groups is 3. The molecule has 0 bridgehead atoms. The Kier molecular flexibility index (Phi) is 52.3. The number of phosphoric acid groups is 1. The summed E-state index contributed by atoms with van der Waals surface area (Å²) in [5.74, 6) is -0.857. The molecule has 0 aliphatic carbocycles. The Labute approximate surface area is 359 Å². The van der Waals surface area contributed by atoms with Gasteiger partial charge in [0.1, 0.15) is 5.78 Å². The van der Waals surface area contributed by atoms with Gasteiger partial charge in [0, 0.05) is 31.9 Å². The Bertz CT molecular complexity index is 913. The molecule has 0 aromatic rings. The molecular formula is C45H88CoNO9P-2. The zero-order valence-corrected chi connectivity index (χ0v) is 38.9. The third kappa shape index (κ3) is 55.0. The van der Waals surface area contributed by atoms with E-state index < -0.39 is 19.9 Å². The minimum absolute atomic E-state index is 0.00725. The second-order valence-electron chi connectivity index (χ2n) is 15.4. The zero-order valence-electron chi connectivity index (χ0n) is 36.9. The van der Waals surface area contributed by atoms with Crippen LogP contribution in [-0.2, 0) is 52.3 Å². The number of esters is 1. The van der Waals surface area contributed by atoms with Crippen LogP contribution >= 0.6 is 7.82 Å². The van der Waals surface area contributed by atoms with Gasteiger partial charge in [-0.05, 0) is 13.3 Å². The van der Waals surface area contributed by atoms with Crippen LogP contribution in [0.4, 0.5) is 0 Å². The molecule has 12 heteroatoms. The molecule has 0 saturated carbocycles. The molecule has 10 nitrogen and oxygen atoms in total. The molecule has 2 unspecified atom stereocenters. The van der Waals surface area contributed by atoms with Crippen LogP contribution in [0.5, 0.6) is 0 Å². The van der Waals surface area contributed by atoms with Crippen molar-refractivity contribution < 1.29 is 57.2 Å². The van der Waals surface area contributed by atoms with Gasteiger partial charge >= 0.3 is 33.3 Å². The van der Waals surface area contributed by atoms with Crippen molar-refractivity contribution in [1.82, 2.24) is 5.32 Å². The first-order chi connectivity index (χ1) is 27.6. The molecule has 0 spiro atoms. The summed E-state index contributed by atoms with van der Waals surface area (Å²) in [5.41, 5.74) is 0. The van der Waals surface area contributed by atoms with E-state index in [1.807, 2.05) is 0 Å². The summed E-state index contributed by atoms with van der Waals surface area (Å²) >= 11 is 2.31. The molecule has 0 heterocycles. The van der Waals surface area contributed by atoms with E-state index in [0.717, 1.165) is 25.7 Å². The number of hydrogen-bond donors (Lipinski definition) is 2. The monoisotopic (exact) mass is 877 g/mol. The Balaban J connectivity index is -0.00000128. The quantitative estimate of drug-likeness (QED) is 0.0265. The van der Waals surface area contributed by atoms with Gasteiger partial charge in [0.25, 0.3) is 0 Å². The Morgan fingerprint density at radius 1 is 0.596 bits per heavy atom. The van der Waals surface area contributed by atoms with E-state index in [1.54, 1.807) is 0 Å². The van der Waals surface area contributed by atoms with Gasteiger partial charge in [0.15, 0.2) is 0 Å². The van der Waals surface area contributed by atoms with Crippen LogP contribution in [0.3, 0.4) is 0 Å². The number of ether oxygens (including phenoxy) is 1. The summed E-state index contributed by atoms with van der Waals surface area (Å²) in [4.78, 5) is 43.9. The Hall–Kier alpha value is -0.974. The van der Waals surface area contributed by atoms with E-state index in [0.29, 0.717) is 0 Å². The number of ketones is 1. The number of rotatable bonds is 41. The fourth-order valence-corrected chi connectivity index (χ4v) is 6.99. The van der Waals surface area contributed by atoms with Crippen molar-refractivity contribution in [3.63, 3.8) is 0 Å². The third-order valence-electron chi connectivity index (χ3n) is 9.69. The van der Waals surface area contributed by atoms with E-state index in [9.17, 15) is 23.8 Å². The number of hydrogen-bond acceptors (Lipinski definition) is 8. The first-order valence-electron chi connectivity index (χ1n) is 22.9. The maximum absolute atomic E-state index is 11.9. The summed E-state index contributed by atoms with van der Waals surface area (Å²) in [5, 5.41) is 2.47. The van der Waals surface area contributed by atoms with Crippen LogP contribution < -0.4 is 5.32 Å². The van der Waals surface area contributed by atoms with Gasteiger partial charge in [-0.1, -0.05) is 194 Å². The van der Waals surface area contributed by atoms with Gasteiger partial charge in [-0.3, -0.25) is 18.6 Å². The van der Waals surface area contributed by atoms with Gasteiger partial charge in [0.2, 0.25) is 5.91 Å². The van der Waals surface area contributed by atoms with Gasteiger partial charge in [-0.2, -0.15) is 6.42 Å². The first-order valence-corrected chi connectivity index (χ1v) is 24.8. The Morgan fingerprint density at radius 2 is 0.965 bits per heavy atom. The van der Waals surface area contributed by atoms with Crippen molar-refractivity contribution in [2.45, 2.75) is 239 Å². The van der Waals surface area contributed by atoms with Crippen LogP contribution in [0.1, 0.15) is 233 Å². The molecule has 57 heavy (non-hydrogen) atoms. The normalized spacial score (nSPS) is 12.4. The molecule has 2 atom stereocenters. The molecule has 0 aromatic heterocycles. The molecule has 2 N–H and O–H groups in total. The molecule has 0 aliphatic heterocycles. The summed E-state index contributed by atoms with van der Waals surface area (Å²) < 4.78 is 34.5. The van der Waals surface area contributed by atoms with Crippen LogP contribution in [0.2, 0.25) is 0 Å². The number of carbonyl (C=O) groups excluding carboxylic acids is 3. The summed E-state index contributed by atoms with van der Waals surface area (Å²) in [6.07, 6.45) is 39.6. The van der Waals surface area contributed by atoms with Crippen molar-refractivity contribution >= 4 is 25.5 Å². The van der Waals surface area contributed by atoms with Crippen molar-refractivity contribution in [3.05, 3.63) is 13.8 Å². The first kappa shape index (κ1) is 60.3. The molecule has 0 rings (SSSR count). The van der Waals surface area contributed by atoms with E-state index in [4.69, 9.17) is 17.7 Å². The number of amides is 1. The zero-order chi connectivity index (χ0) is 43.1. The summed E-state index contributed by atoms with van der Waals surface area (Å²) in [7, 11) is -4.37. The van der Waals surface area contributed by atoms with Crippen LogP contribution in [0, 0.1) is 13.8 Å². The fourth-order valence-electron chi connectivity index (χ4n) is 6.23. The number of Topliss-reactive ketones (excluding diaryl/α,β-unsaturated/α-hetero) is 1. The fraction of sp³-hybridized carbons (Fsp3) is 0.889. The predicted octanol–water partition coefficient (Wildman–Crippen LogP) is 13.2. The molecule has 1 amide bonds. The van der Waals surface area contributed by atoms with Crippen LogP contribution in [0.25, 0.3) is 0 Å². The van der Waals surface area contributed by atoms with E-state index >= 15 is 0 Å². The molecule has 343 valence electrons. The number of unbranched alkanes of at least 4 members (excludes halogenated alkanes) is 28. The molecule has 0 aromatic carbocycles. The molecule has 0 saturated heterocycles. The summed E-state index contributed by atoms with van der Waals surface area (Å²) in [6.45, 7) is 12.8. The number of phosphoric ester groups is 1. The van der Waals surface area contributed by atoms with Crippen molar-refractivity contribution in [1.29, 1.82) is 0 Å². The van der Waals surface area contributed by atoms with Crippen molar-refractivity contribution in [2.24, 2.45) is 0 Å².